The third kappa shape index (κ3) is 4.08. The van der Waals surface area contributed by atoms with Gasteiger partial charge in [0, 0.05) is 12.1 Å². The van der Waals surface area contributed by atoms with Gasteiger partial charge in [-0.3, -0.25) is 0 Å². The van der Waals surface area contributed by atoms with Gasteiger partial charge in [0.2, 0.25) is 0 Å². The number of rotatable bonds is 3. The van der Waals surface area contributed by atoms with Gasteiger partial charge in [-0.25, -0.2) is 9.59 Å². The fourth-order valence-corrected chi connectivity index (χ4v) is 4.34. The van der Waals surface area contributed by atoms with E-state index in [0.717, 1.165) is 6.07 Å². The van der Waals surface area contributed by atoms with Crippen molar-refractivity contribution in [2.75, 3.05) is 7.11 Å². The highest BCUT2D eigenvalue weighted by Crippen LogP contribution is 2.45. The Morgan fingerprint density at radius 1 is 1.28 bits per heavy atom. The van der Waals surface area contributed by atoms with Crippen LogP contribution in [0.4, 0.5) is 18.0 Å². The van der Waals surface area contributed by atoms with Crippen molar-refractivity contribution in [1.29, 1.82) is 0 Å². The molecule has 1 N–H and O–H groups in total. The topological polar surface area (TPSA) is 58.6 Å². The Labute approximate surface area is 171 Å². The van der Waals surface area contributed by atoms with Crippen molar-refractivity contribution in [1.82, 2.24) is 10.2 Å². The SMILES string of the molecule is COC(=O)C1=C(c2ccc(Cl)c(C(F)(F)F)c2)C[C@@H]2CC[C@H]1N2C(=O)NC(C)C. The monoisotopic (exact) mass is 430 g/mol. The van der Waals surface area contributed by atoms with Crippen LogP contribution in [0.25, 0.3) is 5.57 Å². The maximum absolute atomic E-state index is 13.3. The van der Waals surface area contributed by atoms with Gasteiger partial charge < -0.3 is 15.0 Å². The minimum absolute atomic E-state index is 0.0838. The predicted molar refractivity (Wildman–Crippen MR) is 102 cm³/mol. The third-order valence-corrected chi connectivity index (χ3v) is 5.60. The summed E-state index contributed by atoms with van der Waals surface area (Å²) < 4.78 is 44.9. The van der Waals surface area contributed by atoms with Gasteiger partial charge in [-0.1, -0.05) is 17.7 Å². The summed E-state index contributed by atoms with van der Waals surface area (Å²) in [6.07, 6.45) is -3.15. The molecule has 2 aliphatic heterocycles. The lowest BCUT2D eigenvalue weighted by atomic mass is 9.87. The van der Waals surface area contributed by atoms with E-state index in [2.05, 4.69) is 5.32 Å². The number of hydrogen-bond donors (Lipinski definition) is 1. The fourth-order valence-electron chi connectivity index (χ4n) is 4.12. The first-order valence-electron chi connectivity index (χ1n) is 9.31. The van der Waals surface area contributed by atoms with Crippen LogP contribution >= 0.6 is 11.6 Å². The molecule has 2 atom stereocenters. The van der Waals surface area contributed by atoms with Crippen molar-refractivity contribution in [3.63, 3.8) is 0 Å². The third-order valence-electron chi connectivity index (χ3n) is 5.27. The lowest BCUT2D eigenvalue weighted by molar-refractivity contribution is -0.137. The van der Waals surface area contributed by atoms with Gasteiger partial charge in [-0.05, 0) is 56.4 Å². The molecule has 0 spiro atoms. The number of fused-ring (bicyclic) bond motifs is 2. The van der Waals surface area contributed by atoms with Gasteiger partial charge in [0.25, 0.3) is 0 Å². The molecule has 1 saturated heterocycles. The van der Waals surface area contributed by atoms with Crippen LogP contribution < -0.4 is 5.32 Å². The Morgan fingerprint density at radius 3 is 2.55 bits per heavy atom. The summed E-state index contributed by atoms with van der Waals surface area (Å²) in [5, 5.41) is 2.42. The molecule has 2 amide bonds. The molecule has 3 rings (SSSR count). The van der Waals surface area contributed by atoms with Crippen LogP contribution in [-0.4, -0.2) is 42.1 Å². The number of carbonyl (C=O) groups excluding carboxylic acids is 2. The first-order chi connectivity index (χ1) is 13.5. The smallest absolute Gasteiger partial charge is 0.417 e. The molecule has 9 heteroatoms. The summed E-state index contributed by atoms with van der Waals surface area (Å²) in [5.74, 6) is -0.642. The number of ether oxygens (including phenoxy) is 1. The van der Waals surface area contributed by atoms with E-state index in [4.69, 9.17) is 16.3 Å². The average Bonchev–Trinajstić information content (AvgIpc) is 2.94. The molecular weight excluding hydrogens is 409 g/mol. The van der Waals surface area contributed by atoms with Gasteiger partial charge in [0.05, 0.1) is 29.3 Å². The molecular formula is C20H22ClF3N2O3. The van der Waals surface area contributed by atoms with Crippen LogP contribution in [0.3, 0.4) is 0 Å². The molecule has 2 heterocycles. The zero-order valence-corrected chi connectivity index (χ0v) is 17.0. The zero-order chi connectivity index (χ0) is 21.5. The Balaban J connectivity index is 2.10. The van der Waals surface area contributed by atoms with Gasteiger partial charge in [-0.15, -0.1) is 0 Å². The standard InChI is InChI=1S/C20H22ClF3N2O3/c1-10(2)25-19(28)26-12-5-7-16(26)17(18(27)29-3)13(9-12)11-4-6-15(21)14(8-11)20(22,23)24/h4,6,8,10,12,16H,5,7,9H2,1-3H3,(H,25,28)/t12-,16+/m0/s1. The first kappa shape index (κ1) is 21.5. The predicted octanol–water partition coefficient (Wildman–Crippen LogP) is 4.64. The second-order valence-electron chi connectivity index (χ2n) is 7.54. The van der Waals surface area contributed by atoms with Crippen LogP contribution in [-0.2, 0) is 15.7 Å². The number of hydrogen-bond acceptors (Lipinski definition) is 3. The normalized spacial score (nSPS) is 21.6. The Morgan fingerprint density at radius 2 is 1.97 bits per heavy atom. The van der Waals surface area contributed by atoms with E-state index in [1.54, 1.807) is 4.90 Å². The van der Waals surface area contributed by atoms with Crippen LogP contribution in [0.15, 0.2) is 23.8 Å². The van der Waals surface area contributed by atoms with Crippen molar-refractivity contribution in [2.24, 2.45) is 0 Å². The Bertz CT molecular complexity index is 867. The molecule has 1 fully saturated rings. The van der Waals surface area contributed by atoms with E-state index in [1.165, 1.54) is 19.2 Å². The zero-order valence-electron chi connectivity index (χ0n) is 16.3. The number of alkyl halides is 3. The number of amides is 2. The van der Waals surface area contributed by atoms with Gasteiger partial charge >= 0.3 is 18.2 Å². The van der Waals surface area contributed by atoms with Crippen molar-refractivity contribution in [3.05, 3.63) is 39.9 Å². The molecule has 2 aliphatic rings. The van der Waals surface area contributed by atoms with E-state index in [0.29, 0.717) is 18.4 Å². The van der Waals surface area contributed by atoms with Crippen molar-refractivity contribution < 1.29 is 27.5 Å². The van der Waals surface area contributed by atoms with Crippen molar-refractivity contribution >= 4 is 29.2 Å². The fraction of sp³-hybridized carbons (Fsp3) is 0.500. The molecule has 5 nitrogen and oxygen atoms in total. The number of nitrogens with zero attached hydrogens (tertiary/aromatic N) is 1. The van der Waals surface area contributed by atoms with Crippen LogP contribution in [0.1, 0.15) is 44.2 Å². The minimum Gasteiger partial charge on any atom is -0.466 e. The van der Waals surface area contributed by atoms with Gasteiger partial charge in [0.1, 0.15) is 0 Å². The van der Waals surface area contributed by atoms with E-state index in [-0.39, 0.29) is 35.7 Å². The van der Waals surface area contributed by atoms with Crippen LogP contribution in [0.5, 0.6) is 0 Å². The highest BCUT2D eigenvalue weighted by Gasteiger charge is 2.47. The van der Waals surface area contributed by atoms with Crippen molar-refractivity contribution in [2.45, 2.75) is 57.4 Å². The number of carbonyl (C=O) groups is 2. The van der Waals surface area contributed by atoms with E-state index in [1.807, 2.05) is 13.8 Å². The molecule has 0 aromatic heterocycles. The summed E-state index contributed by atoms with van der Waals surface area (Å²) in [5.41, 5.74) is 0.0133. The number of halogens is 4. The lowest BCUT2D eigenvalue weighted by Crippen LogP contribution is -2.52. The van der Waals surface area contributed by atoms with Gasteiger partial charge in [-0.2, -0.15) is 13.2 Å². The lowest BCUT2D eigenvalue weighted by Gasteiger charge is -2.37. The molecule has 29 heavy (non-hydrogen) atoms. The summed E-state index contributed by atoms with van der Waals surface area (Å²) in [6.45, 7) is 3.66. The number of esters is 1. The molecule has 0 unspecified atom stereocenters. The quantitative estimate of drug-likeness (QED) is 0.711. The first-order valence-corrected chi connectivity index (χ1v) is 9.69. The maximum atomic E-state index is 13.3. The summed E-state index contributed by atoms with van der Waals surface area (Å²) in [7, 11) is 1.22. The van der Waals surface area contributed by atoms with Crippen LogP contribution in [0, 0.1) is 0 Å². The Hall–Kier alpha value is -2.22. The molecule has 1 aromatic carbocycles. The second kappa shape index (κ2) is 7.89. The summed E-state index contributed by atoms with van der Waals surface area (Å²) in [4.78, 5) is 26.9. The van der Waals surface area contributed by atoms with E-state index < -0.39 is 28.8 Å². The largest absolute Gasteiger partial charge is 0.466 e. The Kier molecular flexibility index (Phi) is 5.85. The highest BCUT2D eigenvalue weighted by atomic mass is 35.5. The van der Waals surface area contributed by atoms with E-state index >= 15 is 0 Å². The molecule has 158 valence electrons. The minimum atomic E-state index is -4.62. The second-order valence-corrected chi connectivity index (χ2v) is 7.95. The summed E-state index contributed by atoms with van der Waals surface area (Å²) >= 11 is 5.74. The molecule has 2 bridgehead atoms. The number of urea groups is 1. The highest BCUT2D eigenvalue weighted by molar-refractivity contribution is 6.31. The van der Waals surface area contributed by atoms with Crippen LogP contribution in [0.2, 0.25) is 5.02 Å². The molecule has 0 radical (unpaired) electrons. The van der Waals surface area contributed by atoms with E-state index in [9.17, 15) is 22.8 Å². The van der Waals surface area contributed by atoms with Gasteiger partial charge in [0.15, 0.2) is 0 Å². The number of nitrogens with one attached hydrogen (secondary N) is 1. The average molecular weight is 431 g/mol. The maximum Gasteiger partial charge on any atom is 0.417 e. The summed E-state index contributed by atoms with van der Waals surface area (Å²) in [6, 6.07) is 2.50. The molecule has 0 saturated carbocycles. The number of benzene rings is 1. The van der Waals surface area contributed by atoms with Crippen molar-refractivity contribution in [3.8, 4) is 0 Å². The number of methoxy groups -OCH3 is 1. The molecule has 0 aliphatic carbocycles. The molecule has 1 aromatic rings.